The van der Waals surface area contributed by atoms with Crippen molar-refractivity contribution in [2.45, 2.75) is 11.8 Å². The van der Waals surface area contributed by atoms with Crippen LogP contribution in [0.5, 0.6) is 17.2 Å². The van der Waals surface area contributed by atoms with Gasteiger partial charge in [-0.3, -0.25) is 9.78 Å². The molecule has 0 aliphatic heterocycles. The second kappa shape index (κ2) is 8.62. The number of phenolic OH excluding ortho intramolecular Hbond substituents is 2. The summed E-state index contributed by atoms with van der Waals surface area (Å²) in [6.07, 6.45) is 1.31. The van der Waals surface area contributed by atoms with E-state index in [1.807, 2.05) is 31.2 Å². The average molecular weight is 397 g/mol. The number of phenols is 2. The summed E-state index contributed by atoms with van der Waals surface area (Å²) in [5, 5.41) is 23.7. The molecule has 0 atom stereocenters. The molecule has 2 aromatic carbocycles. The van der Waals surface area contributed by atoms with Gasteiger partial charge in [-0.05, 0) is 43.3 Å². The number of aryl methyl sites for hydroxylation is 1. The standard InChI is InChI=1S/C20H19N3O4S/c1-12-7-19(16-9-15(27-2)5-6-17(16)22-12)28-11-20(26)23-21-10-13-3-4-14(24)8-18(13)25/h3-10,24-25H,11H2,1-2H3,(H,23,26)/b21-10+. The molecule has 3 aromatic rings. The number of nitrogens with zero attached hydrogens (tertiary/aromatic N) is 2. The van der Waals surface area contributed by atoms with Crippen molar-refractivity contribution in [1.29, 1.82) is 0 Å². The maximum absolute atomic E-state index is 12.1. The molecule has 0 unspecified atom stereocenters. The lowest BCUT2D eigenvalue weighted by Gasteiger charge is -2.09. The van der Waals surface area contributed by atoms with Crippen molar-refractivity contribution in [3.63, 3.8) is 0 Å². The number of aromatic nitrogens is 1. The monoisotopic (exact) mass is 397 g/mol. The normalized spacial score (nSPS) is 11.1. The summed E-state index contributed by atoms with van der Waals surface area (Å²) in [6.45, 7) is 1.90. The Morgan fingerprint density at radius 1 is 1.25 bits per heavy atom. The Morgan fingerprint density at radius 3 is 2.82 bits per heavy atom. The number of hydrogen-bond acceptors (Lipinski definition) is 7. The zero-order valence-corrected chi connectivity index (χ0v) is 16.2. The fourth-order valence-corrected chi connectivity index (χ4v) is 3.46. The van der Waals surface area contributed by atoms with Gasteiger partial charge < -0.3 is 14.9 Å². The summed E-state index contributed by atoms with van der Waals surface area (Å²) in [4.78, 5) is 17.5. The van der Waals surface area contributed by atoms with Crippen LogP contribution in [0.3, 0.4) is 0 Å². The van der Waals surface area contributed by atoms with Crippen LogP contribution in [0.4, 0.5) is 0 Å². The average Bonchev–Trinajstić information content (AvgIpc) is 2.67. The van der Waals surface area contributed by atoms with Crippen molar-refractivity contribution in [2.75, 3.05) is 12.9 Å². The van der Waals surface area contributed by atoms with Crippen LogP contribution in [-0.2, 0) is 4.79 Å². The molecule has 0 saturated carbocycles. The summed E-state index contributed by atoms with van der Waals surface area (Å²) in [6, 6.07) is 11.7. The summed E-state index contributed by atoms with van der Waals surface area (Å²) in [5.41, 5.74) is 4.51. The first-order chi connectivity index (χ1) is 13.5. The van der Waals surface area contributed by atoms with E-state index in [-0.39, 0.29) is 23.2 Å². The smallest absolute Gasteiger partial charge is 0.250 e. The quantitative estimate of drug-likeness (QED) is 0.335. The van der Waals surface area contributed by atoms with Gasteiger partial charge in [0, 0.05) is 27.6 Å². The van der Waals surface area contributed by atoms with E-state index in [1.165, 1.54) is 36.2 Å². The van der Waals surface area contributed by atoms with Gasteiger partial charge >= 0.3 is 0 Å². The van der Waals surface area contributed by atoms with Crippen LogP contribution in [0.2, 0.25) is 0 Å². The van der Waals surface area contributed by atoms with Gasteiger partial charge in [0.25, 0.3) is 0 Å². The third-order valence-corrected chi connectivity index (χ3v) is 4.93. The second-order valence-corrected chi connectivity index (χ2v) is 6.99. The third kappa shape index (κ3) is 4.72. The zero-order chi connectivity index (χ0) is 20.1. The fourth-order valence-electron chi connectivity index (χ4n) is 2.54. The topological polar surface area (TPSA) is 104 Å². The highest BCUT2D eigenvalue weighted by Crippen LogP contribution is 2.30. The van der Waals surface area contributed by atoms with Gasteiger partial charge in [0.05, 0.1) is 24.6 Å². The minimum Gasteiger partial charge on any atom is -0.508 e. The molecule has 3 N–H and O–H groups in total. The van der Waals surface area contributed by atoms with Crippen molar-refractivity contribution in [2.24, 2.45) is 5.10 Å². The predicted molar refractivity (Wildman–Crippen MR) is 109 cm³/mol. The Kier molecular flexibility index (Phi) is 6.00. The molecule has 0 aliphatic carbocycles. The van der Waals surface area contributed by atoms with Gasteiger partial charge in [-0.2, -0.15) is 5.10 Å². The van der Waals surface area contributed by atoms with Crippen molar-refractivity contribution in [3.05, 3.63) is 53.7 Å². The molecule has 144 valence electrons. The predicted octanol–water partition coefficient (Wildman–Crippen LogP) is 3.21. The number of rotatable bonds is 6. The van der Waals surface area contributed by atoms with E-state index >= 15 is 0 Å². The minimum absolute atomic E-state index is 0.0495. The molecule has 8 heteroatoms. The SMILES string of the molecule is COc1ccc2nc(C)cc(SCC(=O)N/N=C/c3ccc(O)cc3O)c2c1. The lowest BCUT2D eigenvalue weighted by Crippen LogP contribution is -2.19. The lowest BCUT2D eigenvalue weighted by atomic mass is 10.2. The number of pyridine rings is 1. The molecule has 7 nitrogen and oxygen atoms in total. The Hall–Kier alpha value is -3.26. The van der Waals surface area contributed by atoms with Gasteiger partial charge in [0.2, 0.25) is 5.91 Å². The number of carbonyl (C=O) groups excluding carboxylic acids is 1. The minimum atomic E-state index is -0.287. The Morgan fingerprint density at radius 2 is 2.07 bits per heavy atom. The summed E-state index contributed by atoms with van der Waals surface area (Å²) in [7, 11) is 1.60. The highest BCUT2D eigenvalue weighted by atomic mass is 32.2. The van der Waals surface area contributed by atoms with E-state index in [9.17, 15) is 15.0 Å². The number of carbonyl (C=O) groups is 1. The molecular formula is C20H19N3O4S. The van der Waals surface area contributed by atoms with Crippen molar-refractivity contribution in [1.82, 2.24) is 10.4 Å². The molecule has 28 heavy (non-hydrogen) atoms. The molecule has 0 aliphatic rings. The first-order valence-corrected chi connectivity index (χ1v) is 9.37. The number of nitrogens with one attached hydrogen (secondary N) is 1. The number of hydrazone groups is 1. The molecule has 0 fully saturated rings. The lowest BCUT2D eigenvalue weighted by molar-refractivity contribution is -0.118. The maximum atomic E-state index is 12.1. The Bertz CT molecular complexity index is 1050. The van der Waals surface area contributed by atoms with Crippen molar-refractivity contribution >= 4 is 34.8 Å². The van der Waals surface area contributed by atoms with Crippen LogP contribution < -0.4 is 10.2 Å². The van der Waals surface area contributed by atoms with E-state index in [0.29, 0.717) is 5.56 Å². The number of methoxy groups -OCH3 is 1. The molecule has 1 heterocycles. The highest BCUT2D eigenvalue weighted by Gasteiger charge is 2.09. The Balaban J connectivity index is 1.66. The molecule has 0 saturated heterocycles. The number of benzene rings is 2. The molecule has 1 amide bonds. The zero-order valence-electron chi connectivity index (χ0n) is 15.3. The summed E-state index contributed by atoms with van der Waals surface area (Å²) >= 11 is 1.38. The van der Waals surface area contributed by atoms with Gasteiger partial charge in [0.15, 0.2) is 0 Å². The van der Waals surface area contributed by atoms with Crippen LogP contribution in [-0.4, -0.2) is 40.2 Å². The van der Waals surface area contributed by atoms with Crippen LogP contribution >= 0.6 is 11.8 Å². The molecule has 0 radical (unpaired) electrons. The number of ether oxygens (including phenoxy) is 1. The number of hydrogen-bond donors (Lipinski definition) is 3. The fraction of sp³-hybridized carbons (Fsp3) is 0.150. The third-order valence-electron chi connectivity index (χ3n) is 3.87. The van der Waals surface area contributed by atoms with Crippen molar-refractivity contribution in [3.8, 4) is 17.2 Å². The molecular weight excluding hydrogens is 378 g/mol. The van der Waals surface area contributed by atoms with E-state index in [0.717, 1.165) is 27.2 Å². The summed E-state index contributed by atoms with van der Waals surface area (Å²) < 4.78 is 5.27. The molecule has 0 spiro atoms. The Labute approximate surface area is 166 Å². The van der Waals surface area contributed by atoms with Gasteiger partial charge in [0.1, 0.15) is 17.2 Å². The number of fused-ring (bicyclic) bond motifs is 1. The van der Waals surface area contributed by atoms with Gasteiger partial charge in [-0.1, -0.05) is 0 Å². The van der Waals surface area contributed by atoms with E-state index in [2.05, 4.69) is 15.5 Å². The molecule has 0 bridgehead atoms. The first-order valence-electron chi connectivity index (χ1n) is 8.38. The van der Waals surface area contributed by atoms with E-state index in [4.69, 9.17) is 4.74 Å². The van der Waals surface area contributed by atoms with Crippen LogP contribution in [0.1, 0.15) is 11.3 Å². The summed E-state index contributed by atoms with van der Waals surface area (Å²) in [5.74, 6) is 0.425. The van der Waals surface area contributed by atoms with E-state index < -0.39 is 0 Å². The van der Waals surface area contributed by atoms with Gasteiger partial charge in [-0.25, -0.2) is 5.43 Å². The number of amides is 1. The number of aromatic hydroxyl groups is 2. The first kappa shape index (κ1) is 19.5. The van der Waals surface area contributed by atoms with Crippen molar-refractivity contribution < 1.29 is 19.7 Å². The van der Waals surface area contributed by atoms with Crippen LogP contribution in [0, 0.1) is 6.92 Å². The van der Waals surface area contributed by atoms with E-state index in [1.54, 1.807) is 7.11 Å². The number of thioether (sulfide) groups is 1. The highest BCUT2D eigenvalue weighted by molar-refractivity contribution is 8.00. The molecule has 1 aromatic heterocycles. The van der Waals surface area contributed by atoms with Crippen LogP contribution in [0.25, 0.3) is 10.9 Å². The van der Waals surface area contributed by atoms with Gasteiger partial charge in [-0.15, -0.1) is 11.8 Å². The second-order valence-electron chi connectivity index (χ2n) is 5.97. The maximum Gasteiger partial charge on any atom is 0.250 e. The van der Waals surface area contributed by atoms with Crippen LogP contribution in [0.15, 0.2) is 52.5 Å². The largest absolute Gasteiger partial charge is 0.508 e. The molecule has 3 rings (SSSR count).